The molecule has 0 aliphatic carbocycles. The molecular formula is C27H30F3N5. The lowest BCUT2D eigenvalue weighted by Gasteiger charge is -2.41. The summed E-state index contributed by atoms with van der Waals surface area (Å²) >= 11 is 0. The molecule has 3 heterocycles. The van der Waals surface area contributed by atoms with Crippen LogP contribution in [0.3, 0.4) is 0 Å². The zero-order valence-electron chi connectivity index (χ0n) is 20.3. The first-order chi connectivity index (χ1) is 16.7. The topological polar surface area (TPSA) is 37.2 Å². The van der Waals surface area contributed by atoms with Crippen molar-refractivity contribution in [3.8, 4) is 5.69 Å². The number of allylic oxidation sites excluding steroid dienone is 1. The van der Waals surface area contributed by atoms with E-state index >= 15 is 0 Å². The number of hydrogen-bond donors (Lipinski definition) is 0. The van der Waals surface area contributed by atoms with Crippen molar-refractivity contribution >= 4 is 11.4 Å². The standard InChI is InChI=1S/C27H30F3N5/c1-5-22(21(4)23-6-9-25(10-7-23)34-15-19(2)32-18-34)17-33-12-13-35(20(3)16-33)26-11-8-24(14-31-26)27(28,29)30/h5-11,14-15,18,20H,4,12-13,16-17H2,1-3H3/b22-5-/t20-/m1/s1. The molecular weight excluding hydrogens is 451 g/mol. The SMILES string of the molecule is C=C(/C(=C\C)CN1CCN(c2ccc(C(F)(F)F)cn2)[C@H](C)C1)c1ccc(-n2cnc(C)c2)cc1. The van der Waals surface area contributed by atoms with Crippen LogP contribution in [0.4, 0.5) is 19.0 Å². The molecule has 0 radical (unpaired) electrons. The van der Waals surface area contributed by atoms with Crippen LogP contribution in [0.1, 0.15) is 30.7 Å². The fourth-order valence-electron chi connectivity index (χ4n) is 4.43. The minimum atomic E-state index is -4.38. The third-order valence-corrected chi connectivity index (χ3v) is 6.44. The lowest BCUT2D eigenvalue weighted by molar-refractivity contribution is -0.137. The maximum absolute atomic E-state index is 12.9. The highest BCUT2D eigenvalue weighted by molar-refractivity contribution is 5.78. The Kier molecular flexibility index (Phi) is 7.12. The highest BCUT2D eigenvalue weighted by atomic mass is 19.4. The average molecular weight is 482 g/mol. The van der Waals surface area contributed by atoms with E-state index in [0.29, 0.717) is 12.4 Å². The second-order valence-corrected chi connectivity index (χ2v) is 8.94. The number of alkyl halides is 3. The van der Waals surface area contributed by atoms with Crippen LogP contribution in [0, 0.1) is 6.92 Å². The van der Waals surface area contributed by atoms with Gasteiger partial charge in [-0.15, -0.1) is 0 Å². The molecule has 4 rings (SSSR count). The number of piperazine rings is 1. The largest absolute Gasteiger partial charge is 0.417 e. The number of aryl methyl sites for hydroxylation is 1. The Labute approximate surface area is 204 Å². The van der Waals surface area contributed by atoms with Crippen molar-refractivity contribution in [2.24, 2.45) is 0 Å². The van der Waals surface area contributed by atoms with E-state index in [0.717, 1.165) is 60.0 Å². The van der Waals surface area contributed by atoms with Gasteiger partial charge in [-0.25, -0.2) is 9.97 Å². The highest BCUT2D eigenvalue weighted by Gasteiger charge is 2.31. The molecule has 35 heavy (non-hydrogen) atoms. The van der Waals surface area contributed by atoms with Crippen LogP contribution in [0.2, 0.25) is 0 Å². The number of halogens is 3. The summed E-state index contributed by atoms with van der Waals surface area (Å²) in [6, 6.07) is 11.0. The summed E-state index contributed by atoms with van der Waals surface area (Å²) in [5.41, 5.74) is 4.50. The normalized spacial score (nSPS) is 17.6. The van der Waals surface area contributed by atoms with E-state index < -0.39 is 11.7 Å². The number of imidazole rings is 1. The smallest absolute Gasteiger partial charge is 0.351 e. The zero-order chi connectivity index (χ0) is 25.2. The van der Waals surface area contributed by atoms with E-state index in [1.165, 1.54) is 6.07 Å². The maximum atomic E-state index is 12.9. The van der Waals surface area contributed by atoms with Crippen LogP contribution in [-0.4, -0.2) is 51.7 Å². The minimum Gasteiger partial charge on any atom is -0.351 e. The van der Waals surface area contributed by atoms with E-state index in [1.807, 2.05) is 24.6 Å². The first kappa shape index (κ1) is 24.7. The third kappa shape index (κ3) is 5.65. The Morgan fingerprint density at radius 2 is 1.86 bits per heavy atom. The molecule has 0 amide bonds. The Morgan fingerprint density at radius 3 is 2.40 bits per heavy atom. The van der Waals surface area contributed by atoms with Crippen molar-refractivity contribution in [3.63, 3.8) is 0 Å². The van der Waals surface area contributed by atoms with Crippen LogP contribution in [0.15, 0.2) is 73.3 Å². The zero-order valence-corrected chi connectivity index (χ0v) is 20.3. The van der Waals surface area contributed by atoms with Gasteiger partial charge in [-0.3, -0.25) is 4.90 Å². The van der Waals surface area contributed by atoms with Crippen molar-refractivity contribution < 1.29 is 13.2 Å². The van der Waals surface area contributed by atoms with E-state index in [-0.39, 0.29) is 6.04 Å². The summed E-state index contributed by atoms with van der Waals surface area (Å²) in [5, 5.41) is 0. The Bertz CT molecular complexity index is 1190. The molecule has 1 atom stereocenters. The molecule has 0 bridgehead atoms. The van der Waals surface area contributed by atoms with Crippen LogP contribution in [0.5, 0.6) is 0 Å². The number of benzene rings is 1. The number of rotatable bonds is 6. The molecule has 3 aromatic rings. The molecule has 5 nitrogen and oxygen atoms in total. The van der Waals surface area contributed by atoms with Gasteiger partial charge in [0.05, 0.1) is 17.6 Å². The Morgan fingerprint density at radius 1 is 1.11 bits per heavy atom. The first-order valence-electron chi connectivity index (χ1n) is 11.6. The van der Waals surface area contributed by atoms with Gasteiger partial charge in [-0.05, 0) is 61.7 Å². The van der Waals surface area contributed by atoms with Crippen LogP contribution >= 0.6 is 0 Å². The van der Waals surface area contributed by atoms with Gasteiger partial charge in [0.15, 0.2) is 0 Å². The fraction of sp³-hybridized carbons (Fsp3) is 0.333. The second kappa shape index (κ2) is 10.1. The number of pyridine rings is 1. The van der Waals surface area contributed by atoms with Gasteiger partial charge in [-0.2, -0.15) is 13.2 Å². The van der Waals surface area contributed by atoms with E-state index in [1.54, 1.807) is 6.33 Å². The van der Waals surface area contributed by atoms with Gasteiger partial charge < -0.3 is 9.47 Å². The van der Waals surface area contributed by atoms with Gasteiger partial charge in [0, 0.05) is 50.3 Å². The van der Waals surface area contributed by atoms with Gasteiger partial charge in [0.2, 0.25) is 0 Å². The summed E-state index contributed by atoms with van der Waals surface area (Å²) in [5.74, 6) is 0.578. The highest BCUT2D eigenvalue weighted by Crippen LogP contribution is 2.30. The quantitative estimate of drug-likeness (QED) is 0.419. The van der Waals surface area contributed by atoms with E-state index in [2.05, 4.69) is 63.6 Å². The maximum Gasteiger partial charge on any atom is 0.417 e. The predicted octanol–water partition coefficient (Wildman–Crippen LogP) is 5.76. The lowest BCUT2D eigenvalue weighted by Crippen LogP contribution is -2.52. The summed E-state index contributed by atoms with van der Waals surface area (Å²) in [7, 11) is 0. The molecule has 1 aliphatic heterocycles. The number of anilines is 1. The molecule has 0 spiro atoms. The monoisotopic (exact) mass is 481 g/mol. The van der Waals surface area contributed by atoms with Crippen molar-refractivity contribution in [1.82, 2.24) is 19.4 Å². The summed E-state index contributed by atoms with van der Waals surface area (Å²) in [4.78, 5) is 12.8. The Balaban J connectivity index is 1.38. The summed E-state index contributed by atoms with van der Waals surface area (Å²) in [6.07, 6.45) is 2.43. The van der Waals surface area contributed by atoms with Gasteiger partial charge in [0.1, 0.15) is 5.82 Å². The first-order valence-corrected chi connectivity index (χ1v) is 11.6. The van der Waals surface area contributed by atoms with Crippen LogP contribution in [0.25, 0.3) is 11.3 Å². The van der Waals surface area contributed by atoms with Crippen molar-refractivity contribution in [2.75, 3.05) is 31.1 Å². The molecule has 1 aliphatic rings. The average Bonchev–Trinajstić information content (AvgIpc) is 3.28. The lowest BCUT2D eigenvalue weighted by atomic mass is 9.98. The van der Waals surface area contributed by atoms with Gasteiger partial charge in [0.25, 0.3) is 0 Å². The molecule has 8 heteroatoms. The fourth-order valence-corrected chi connectivity index (χ4v) is 4.43. The summed E-state index contributed by atoms with van der Waals surface area (Å²) < 4.78 is 40.6. The molecule has 1 saturated heterocycles. The molecule has 0 N–H and O–H groups in total. The van der Waals surface area contributed by atoms with Crippen molar-refractivity contribution in [3.05, 3.63) is 90.2 Å². The van der Waals surface area contributed by atoms with Crippen LogP contribution < -0.4 is 4.90 Å². The molecule has 0 saturated carbocycles. The molecule has 1 fully saturated rings. The Hall–Kier alpha value is -3.39. The minimum absolute atomic E-state index is 0.122. The molecule has 0 unspecified atom stereocenters. The number of nitrogens with zero attached hydrogens (tertiary/aromatic N) is 5. The van der Waals surface area contributed by atoms with Gasteiger partial charge in [-0.1, -0.05) is 24.8 Å². The molecule has 184 valence electrons. The number of aromatic nitrogens is 3. The molecule has 2 aromatic heterocycles. The van der Waals surface area contributed by atoms with E-state index in [4.69, 9.17) is 0 Å². The van der Waals surface area contributed by atoms with Crippen molar-refractivity contribution in [2.45, 2.75) is 33.0 Å². The van der Waals surface area contributed by atoms with Crippen molar-refractivity contribution in [1.29, 1.82) is 0 Å². The summed E-state index contributed by atoms with van der Waals surface area (Å²) in [6.45, 7) is 13.4. The molecule has 1 aromatic carbocycles. The van der Waals surface area contributed by atoms with Gasteiger partial charge >= 0.3 is 6.18 Å². The van der Waals surface area contributed by atoms with Crippen LogP contribution in [-0.2, 0) is 6.18 Å². The third-order valence-electron chi connectivity index (χ3n) is 6.44. The predicted molar refractivity (Wildman–Crippen MR) is 134 cm³/mol. The second-order valence-electron chi connectivity index (χ2n) is 8.94. The number of hydrogen-bond acceptors (Lipinski definition) is 4. The van der Waals surface area contributed by atoms with E-state index in [9.17, 15) is 13.2 Å².